The largest absolute Gasteiger partial charge is 0.476 e. The van der Waals surface area contributed by atoms with E-state index in [9.17, 15) is 13.6 Å². The van der Waals surface area contributed by atoms with Gasteiger partial charge < -0.3 is 19.5 Å². The molecule has 2 saturated heterocycles. The number of carbonyl (C=O) groups excluding carboxylic acids is 1. The Bertz CT molecular complexity index is 1330. The Balaban J connectivity index is 1.36. The van der Waals surface area contributed by atoms with E-state index in [2.05, 4.69) is 27.6 Å². The van der Waals surface area contributed by atoms with E-state index in [0.717, 1.165) is 11.8 Å². The summed E-state index contributed by atoms with van der Waals surface area (Å²) in [6.45, 7) is 7.92. The van der Waals surface area contributed by atoms with Crippen molar-refractivity contribution < 1.29 is 27.8 Å². The number of halogens is 2. The van der Waals surface area contributed by atoms with Crippen LogP contribution in [0.4, 0.5) is 19.4 Å². The van der Waals surface area contributed by atoms with Crippen LogP contribution in [0.25, 0.3) is 5.69 Å². The summed E-state index contributed by atoms with van der Waals surface area (Å²) in [6.07, 6.45) is 0. The number of hydrogen-bond donors (Lipinski definition) is 2. The number of likely N-dealkylation sites (tertiary alicyclic amines) is 1. The van der Waals surface area contributed by atoms with Crippen molar-refractivity contribution in [3.05, 3.63) is 71.3 Å². The molecule has 2 amide bonds. The number of aromatic nitrogens is 2. The maximum atomic E-state index is 14.1. The summed E-state index contributed by atoms with van der Waals surface area (Å²) in [7, 11) is 1.63. The molecule has 9 nitrogen and oxygen atoms in total. The Morgan fingerprint density at radius 1 is 1.15 bits per heavy atom. The van der Waals surface area contributed by atoms with Crippen LogP contribution in [0.3, 0.4) is 0 Å². The molecule has 0 bridgehead atoms. The van der Waals surface area contributed by atoms with Gasteiger partial charge in [-0.3, -0.25) is 10.2 Å². The molecule has 3 aromatic rings. The number of amides is 2. The number of hydrogen-bond acceptors (Lipinski definition) is 6. The number of para-hydroxylation sites is 1. The predicted molar refractivity (Wildman–Crippen MR) is 146 cm³/mol. The molecule has 2 aliphatic rings. The van der Waals surface area contributed by atoms with E-state index in [0.29, 0.717) is 68.9 Å². The summed E-state index contributed by atoms with van der Waals surface area (Å²) in [6, 6.07) is 12.6. The molecule has 1 aromatic heterocycles. The number of benzene rings is 2. The van der Waals surface area contributed by atoms with Crippen LogP contribution in [-0.2, 0) is 9.47 Å². The topological polar surface area (TPSA) is 89.9 Å². The minimum Gasteiger partial charge on any atom is -0.476 e. The molecule has 3 heterocycles. The fourth-order valence-corrected chi connectivity index (χ4v) is 5.12. The van der Waals surface area contributed by atoms with Gasteiger partial charge in [0.05, 0.1) is 43.7 Å². The molecule has 11 heteroatoms. The zero-order valence-electron chi connectivity index (χ0n) is 23.0. The first-order valence-corrected chi connectivity index (χ1v) is 13.4. The van der Waals surface area contributed by atoms with Crippen molar-refractivity contribution in [1.29, 1.82) is 0 Å². The highest BCUT2D eigenvalue weighted by molar-refractivity contribution is 5.90. The van der Waals surface area contributed by atoms with E-state index in [4.69, 9.17) is 14.2 Å². The molecule has 2 fully saturated rings. The molecule has 2 N–H and O–H groups in total. The molecule has 0 aliphatic carbocycles. The number of rotatable bonds is 10. The average molecular weight is 556 g/mol. The van der Waals surface area contributed by atoms with Gasteiger partial charge in [0.2, 0.25) is 5.88 Å². The third-order valence-electron chi connectivity index (χ3n) is 7.47. The van der Waals surface area contributed by atoms with Crippen LogP contribution in [-0.4, -0.2) is 79.9 Å². The molecule has 0 unspecified atom stereocenters. The van der Waals surface area contributed by atoms with Gasteiger partial charge in [-0.2, -0.15) is 0 Å². The molecule has 0 radical (unpaired) electrons. The molecule has 5 rings (SSSR count). The lowest BCUT2D eigenvalue weighted by Gasteiger charge is -2.37. The Morgan fingerprint density at radius 2 is 1.93 bits per heavy atom. The summed E-state index contributed by atoms with van der Waals surface area (Å²) in [4.78, 5) is 15.5. The number of carbonyl (C=O) groups is 1. The number of urea groups is 1. The Hall–Kier alpha value is -3.54. The van der Waals surface area contributed by atoms with Gasteiger partial charge in [0.25, 0.3) is 0 Å². The normalized spacial score (nSPS) is 20.2. The Labute approximate surface area is 232 Å². The molecule has 2 aliphatic heterocycles. The maximum Gasteiger partial charge on any atom is 0.320 e. The first kappa shape index (κ1) is 28.0. The lowest BCUT2D eigenvalue weighted by atomic mass is 9.90. The lowest BCUT2D eigenvalue weighted by molar-refractivity contribution is -0.120. The molecular weight excluding hydrogens is 520 g/mol. The molecule has 214 valence electrons. The van der Waals surface area contributed by atoms with Gasteiger partial charge in [-0.05, 0) is 36.8 Å². The smallest absolute Gasteiger partial charge is 0.320 e. The van der Waals surface area contributed by atoms with Crippen LogP contribution in [0, 0.1) is 24.0 Å². The van der Waals surface area contributed by atoms with E-state index in [-0.39, 0.29) is 17.4 Å². The third-order valence-corrected chi connectivity index (χ3v) is 7.47. The molecule has 2 atom stereocenters. The second-order valence-corrected chi connectivity index (χ2v) is 10.9. The summed E-state index contributed by atoms with van der Waals surface area (Å²) in [5, 5.41) is 10.7. The van der Waals surface area contributed by atoms with Crippen molar-refractivity contribution in [2.75, 3.05) is 58.5 Å². The lowest BCUT2D eigenvalue weighted by Crippen LogP contribution is -2.44. The van der Waals surface area contributed by atoms with Crippen LogP contribution in [0.5, 0.6) is 5.88 Å². The number of nitrogens with zero attached hydrogens (tertiary/aromatic N) is 3. The van der Waals surface area contributed by atoms with E-state index in [1.807, 2.05) is 37.3 Å². The molecule has 0 saturated carbocycles. The number of anilines is 1. The van der Waals surface area contributed by atoms with Gasteiger partial charge in [-0.25, -0.2) is 18.3 Å². The average Bonchev–Trinajstić information content (AvgIpc) is 3.47. The van der Waals surface area contributed by atoms with Crippen LogP contribution in [0.1, 0.15) is 24.0 Å². The summed E-state index contributed by atoms with van der Waals surface area (Å²) in [5.41, 5.74) is 2.01. The van der Waals surface area contributed by atoms with Crippen LogP contribution >= 0.6 is 0 Å². The number of ether oxygens (including phenoxy) is 3. The fraction of sp³-hybridized carbons (Fsp3) is 0.448. The number of methoxy groups -OCH3 is 1. The summed E-state index contributed by atoms with van der Waals surface area (Å²) >= 11 is 0. The zero-order chi connectivity index (χ0) is 28.3. The fourth-order valence-electron chi connectivity index (χ4n) is 5.12. The van der Waals surface area contributed by atoms with Gasteiger partial charge in [0, 0.05) is 38.1 Å². The highest BCUT2D eigenvalue weighted by atomic mass is 19.2. The van der Waals surface area contributed by atoms with E-state index in [1.54, 1.807) is 17.9 Å². The third kappa shape index (κ3) is 6.11. The second kappa shape index (κ2) is 11.9. The van der Waals surface area contributed by atoms with Crippen LogP contribution in [0.2, 0.25) is 0 Å². The number of nitrogens with one attached hydrogen (secondary N) is 2. The van der Waals surface area contributed by atoms with E-state index < -0.39 is 17.7 Å². The summed E-state index contributed by atoms with van der Waals surface area (Å²) in [5.74, 6) is -1.14. The monoisotopic (exact) mass is 555 g/mol. The quantitative estimate of drug-likeness (QED) is 0.392. The second-order valence-electron chi connectivity index (χ2n) is 10.9. The van der Waals surface area contributed by atoms with Crippen molar-refractivity contribution in [3.63, 3.8) is 0 Å². The zero-order valence-corrected chi connectivity index (χ0v) is 23.0. The first-order valence-electron chi connectivity index (χ1n) is 13.4. The first-order chi connectivity index (χ1) is 19.3. The van der Waals surface area contributed by atoms with Gasteiger partial charge in [0.15, 0.2) is 11.6 Å². The Morgan fingerprint density at radius 3 is 2.60 bits per heavy atom. The van der Waals surface area contributed by atoms with Crippen molar-refractivity contribution in [2.24, 2.45) is 5.41 Å². The highest BCUT2D eigenvalue weighted by Crippen LogP contribution is 2.33. The molecule has 40 heavy (non-hydrogen) atoms. The van der Waals surface area contributed by atoms with Crippen molar-refractivity contribution in [3.8, 4) is 11.6 Å². The van der Waals surface area contributed by atoms with Crippen molar-refractivity contribution in [2.45, 2.75) is 25.8 Å². The summed E-state index contributed by atoms with van der Waals surface area (Å²) < 4.78 is 46.0. The van der Waals surface area contributed by atoms with E-state index in [1.165, 1.54) is 6.07 Å². The van der Waals surface area contributed by atoms with Crippen LogP contribution in [0.15, 0.2) is 48.5 Å². The van der Waals surface area contributed by atoms with E-state index >= 15 is 0 Å². The minimum absolute atomic E-state index is 0.0695. The van der Waals surface area contributed by atoms with Crippen molar-refractivity contribution in [1.82, 2.24) is 20.0 Å². The van der Waals surface area contributed by atoms with Gasteiger partial charge in [0.1, 0.15) is 5.82 Å². The van der Waals surface area contributed by atoms with Crippen LogP contribution < -0.4 is 15.4 Å². The Kier molecular flexibility index (Phi) is 8.34. The SMILES string of the molecule is COCCN1C[C@@H](NC(=O)Nc2c(C)c(OCC3(C)COC3)nn2-c2ccccc2)[C@H](c2ccc(F)c(F)c2)C1. The standard InChI is InChI=1S/C29H35F2N5O4/c1-19-26(36(21-7-5-4-6-8-21)34-27(19)40-18-29(2)16-39-17-29)33-28(37)32-25-15-35(11-12-38-3)14-22(25)20-9-10-23(30)24(31)13-20/h4-10,13,22,25H,11-12,14-18H2,1-3H3,(H2,32,33,37)/t22-,25+/m0/s1. The van der Waals surface area contributed by atoms with Gasteiger partial charge in [-0.1, -0.05) is 31.2 Å². The van der Waals surface area contributed by atoms with Crippen molar-refractivity contribution >= 4 is 11.8 Å². The predicted octanol–water partition coefficient (Wildman–Crippen LogP) is 4.11. The molecular formula is C29H35F2N5O4. The maximum absolute atomic E-state index is 14.1. The van der Waals surface area contributed by atoms with Gasteiger partial charge in [-0.15, -0.1) is 5.10 Å². The molecule has 0 spiro atoms. The molecule has 2 aromatic carbocycles. The minimum atomic E-state index is -0.909. The van der Waals surface area contributed by atoms with Gasteiger partial charge >= 0.3 is 6.03 Å². The highest BCUT2D eigenvalue weighted by Gasteiger charge is 2.36.